The zero-order valence-electron chi connectivity index (χ0n) is 9.95. The fourth-order valence-electron chi connectivity index (χ4n) is 1.98. The van der Waals surface area contributed by atoms with E-state index >= 15 is 0 Å². The molecule has 1 fully saturated rings. The maximum atomic E-state index is 12.1. The van der Waals surface area contributed by atoms with Gasteiger partial charge in [0, 0.05) is 26.7 Å². The number of carbonyl (C=O) groups excluding carboxylic acids is 1. The third-order valence-electron chi connectivity index (χ3n) is 2.89. The highest BCUT2D eigenvalue weighted by atomic mass is 16.5. The van der Waals surface area contributed by atoms with E-state index in [1.807, 2.05) is 0 Å². The number of aliphatic hydroxyl groups excluding tert-OH is 1. The van der Waals surface area contributed by atoms with Crippen LogP contribution in [0.5, 0.6) is 0 Å². The van der Waals surface area contributed by atoms with Crippen molar-refractivity contribution >= 4 is 5.91 Å². The van der Waals surface area contributed by atoms with Crippen LogP contribution in [0, 0.1) is 5.92 Å². The van der Waals surface area contributed by atoms with E-state index in [9.17, 15) is 4.79 Å². The van der Waals surface area contributed by atoms with E-state index in [-0.39, 0.29) is 18.4 Å². The van der Waals surface area contributed by atoms with Crippen LogP contribution in [-0.2, 0) is 9.53 Å². The molecule has 0 aromatic carbocycles. The molecule has 1 unspecified atom stereocenters. The van der Waals surface area contributed by atoms with Gasteiger partial charge in [0.05, 0.1) is 19.1 Å². The number of amides is 1. The highest BCUT2D eigenvalue weighted by molar-refractivity contribution is 5.79. The van der Waals surface area contributed by atoms with Crippen LogP contribution >= 0.6 is 0 Å². The molecule has 94 valence electrons. The van der Waals surface area contributed by atoms with Crippen LogP contribution in [0.15, 0.2) is 0 Å². The van der Waals surface area contributed by atoms with Gasteiger partial charge in [-0.15, -0.1) is 0 Å². The first-order chi connectivity index (χ1) is 7.79. The van der Waals surface area contributed by atoms with E-state index in [1.54, 1.807) is 12.0 Å². The Morgan fingerprint density at radius 3 is 2.94 bits per heavy atom. The van der Waals surface area contributed by atoms with Crippen LogP contribution in [0.25, 0.3) is 0 Å². The van der Waals surface area contributed by atoms with Gasteiger partial charge in [0.1, 0.15) is 0 Å². The third kappa shape index (κ3) is 4.08. The Balaban J connectivity index is 2.44. The maximum Gasteiger partial charge on any atom is 0.227 e. The molecule has 0 aliphatic carbocycles. The Hall–Kier alpha value is -0.650. The molecule has 0 aromatic rings. The summed E-state index contributed by atoms with van der Waals surface area (Å²) in [5, 5.41) is 12.2. The number of rotatable bonds is 6. The normalized spacial score (nSPS) is 20.8. The highest BCUT2D eigenvalue weighted by Gasteiger charge is 2.25. The number of hydrogen-bond donors (Lipinski definition) is 2. The second kappa shape index (κ2) is 7.60. The molecule has 0 radical (unpaired) electrons. The first-order valence-electron chi connectivity index (χ1n) is 5.89. The standard InChI is InChI=1S/C11H22N2O3/c1-16-8-6-13(5-7-14)11(15)10-3-2-4-12-9-10/h10,12,14H,2-9H2,1H3. The van der Waals surface area contributed by atoms with Gasteiger partial charge in [-0.3, -0.25) is 4.79 Å². The Morgan fingerprint density at radius 2 is 2.38 bits per heavy atom. The molecule has 16 heavy (non-hydrogen) atoms. The zero-order valence-corrected chi connectivity index (χ0v) is 9.95. The average Bonchev–Trinajstić information content (AvgIpc) is 2.35. The van der Waals surface area contributed by atoms with Crippen LogP contribution in [0.3, 0.4) is 0 Å². The number of nitrogens with zero attached hydrogens (tertiary/aromatic N) is 1. The predicted octanol–water partition coefficient (Wildman–Crippen LogP) is -0.547. The smallest absolute Gasteiger partial charge is 0.227 e. The molecule has 1 amide bonds. The summed E-state index contributed by atoms with van der Waals surface area (Å²) in [4.78, 5) is 13.8. The summed E-state index contributed by atoms with van der Waals surface area (Å²) >= 11 is 0. The van der Waals surface area contributed by atoms with Gasteiger partial charge in [0.2, 0.25) is 5.91 Å². The van der Waals surface area contributed by atoms with Crippen LogP contribution in [-0.4, -0.2) is 62.4 Å². The van der Waals surface area contributed by atoms with Crippen molar-refractivity contribution in [1.29, 1.82) is 0 Å². The number of ether oxygens (including phenoxy) is 1. The van der Waals surface area contributed by atoms with E-state index < -0.39 is 0 Å². The SMILES string of the molecule is COCCN(CCO)C(=O)C1CCCNC1. The van der Waals surface area contributed by atoms with E-state index in [0.717, 1.165) is 25.9 Å². The summed E-state index contributed by atoms with van der Waals surface area (Å²) in [6, 6.07) is 0. The molecule has 0 spiro atoms. The van der Waals surface area contributed by atoms with Crippen molar-refractivity contribution in [3.05, 3.63) is 0 Å². The lowest BCUT2D eigenvalue weighted by atomic mass is 9.98. The van der Waals surface area contributed by atoms with Gasteiger partial charge >= 0.3 is 0 Å². The molecule has 1 saturated heterocycles. The molecule has 1 rings (SSSR count). The van der Waals surface area contributed by atoms with Gasteiger partial charge in [0.25, 0.3) is 0 Å². The van der Waals surface area contributed by atoms with Crippen molar-refractivity contribution in [3.8, 4) is 0 Å². The van der Waals surface area contributed by atoms with Crippen LogP contribution in [0.1, 0.15) is 12.8 Å². The van der Waals surface area contributed by atoms with Gasteiger partial charge in [-0.2, -0.15) is 0 Å². The average molecular weight is 230 g/mol. The summed E-state index contributed by atoms with van der Waals surface area (Å²) < 4.78 is 4.97. The lowest BCUT2D eigenvalue weighted by molar-refractivity contribution is -0.137. The van der Waals surface area contributed by atoms with Crippen molar-refractivity contribution in [2.45, 2.75) is 12.8 Å². The molecule has 1 atom stereocenters. The van der Waals surface area contributed by atoms with Gasteiger partial charge < -0.3 is 20.1 Å². The van der Waals surface area contributed by atoms with Crippen molar-refractivity contribution in [1.82, 2.24) is 10.2 Å². The number of hydrogen-bond acceptors (Lipinski definition) is 4. The number of nitrogens with one attached hydrogen (secondary N) is 1. The summed E-state index contributed by atoms with van der Waals surface area (Å²) in [7, 11) is 1.61. The molecular formula is C11H22N2O3. The van der Waals surface area contributed by atoms with Crippen molar-refractivity contribution in [2.75, 3.05) is 46.5 Å². The molecule has 5 heteroatoms. The predicted molar refractivity (Wildman–Crippen MR) is 61.1 cm³/mol. The fraction of sp³-hybridized carbons (Fsp3) is 0.909. The third-order valence-corrected chi connectivity index (χ3v) is 2.89. The lowest BCUT2D eigenvalue weighted by Gasteiger charge is -2.29. The van der Waals surface area contributed by atoms with Crippen molar-refractivity contribution in [2.24, 2.45) is 5.92 Å². The second-order valence-corrected chi connectivity index (χ2v) is 4.08. The van der Waals surface area contributed by atoms with Crippen LogP contribution < -0.4 is 5.32 Å². The largest absolute Gasteiger partial charge is 0.395 e. The number of methoxy groups -OCH3 is 1. The molecule has 2 N–H and O–H groups in total. The molecule has 0 saturated carbocycles. The molecule has 0 aromatic heterocycles. The minimum Gasteiger partial charge on any atom is -0.395 e. The summed E-state index contributed by atoms with van der Waals surface area (Å²) in [6.07, 6.45) is 1.99. The molecule has 1 heterocycles. The van der Waals surface area contributed by atoms with E-state index in [2.05, 4.69) is 5.32 Å². The van der Waals surface area contributed by atoms with Gasteiger partial charge in [-0.25, -0.2) is 0 Å². The lowest BCUT2D eigenvalue weighted by Crippen LogP contribution is -2.45. The molecule has 5 nitrogen and oxygen atoms in total. The van der Waals surface area contributed by atoms with Gasteiger partial charge in [-0.1, -0.05) is 0 Å². The van der Waals surface area contributed by atoms with E-state index in [0.29, 0.717) is 19.7 Å². The summed E-state index contributed by atoms with van der Waals surface area (Å²) in [5.41, 5.74) is 0. The Morgan fingerprint density at radius 1 is 1.56 bits per heavy atom. The summed E-state index contributed by atoms with van der Waals surface area (Å²) in [6.45, 7) is 3.25. The molecular weight excluding hydrogens is 208 g/mol. The second-order valence-electron chi connectivity index (χ2n) is 4.08. The molecule has 1 aliphatic heterocycles. The van der Waals surface area contributed by atoms with Crippen LogP contribution in [0.2, 0.25) is 0 Å². The Labute approximate surface area is 96.8 Å². The number of piperidine rings is 1. The first-order valence-corrected chi connectivity index (χ1v) is 5.89. The van der Waals surface area contributed by atoms with Gasteiger partial charge in [-0.05, 0) is 19.4 Å². The minimum atomic E-state index is 0.00953. The minimum absolute atomic E-state index is 0.00953. The van der Waals surface area contributed by atoms with Crippen LogP contribution in [0.4, 0.5) is 0 Å². The Bertz CT molecular complexity index is 205. The van der Waals surface area contributed by atoms with Gasteiger partial charge in [0.15, 0.2) is 0 Å². The maximum absolute atomic E-state index is 12.1. The summed E-state index contributed by atoms with van der Waals surface area (Å²) in [5.74, 6) is 0.204. The topological polar surface area (TPSA) is 61.8 Å². The van der Waals surface area contributed by atoms with Crippen molar-refractivity contribution < 1.29 is 14.6 Å². The fourth-order valence-corrected chi connectivity index (χ4v) is 1.98. The highest BCUT2D eigenvalue weighted by Crippen LogP contribution is 2.13. The van der Waals surface area contributed by atoms with E-state index in [4.69, 9.17) is 9.84 Å². The first kappa shape index (κ1) is 13.4. The number of carbonyl (C=O) groups is 1. The molecule has 1 aliphatic rings. The molecule has 0 bridgehead atoms. The monoisotopic (exact) mass is 230 g/mol. The zero-order chi connectivity index (χ0) is 11.8. The number of aliphatic hydroxyl groups is 1. The quantitative estimate of drug-likeness (QED) is 0.643. The Kier molecular flexibility index (Phi) is 6.37. The van der Waals surface area contributed by atoms with Crippen molar-refractivity contribution in [3.63, 3.8) is 0 Å². The van der Waals surface area contributed by atoms with E-state index in [1.165, 1.54) is 0 Å².